The zero-order valence-corrected chi connectivity index (χ0v) is 14.4. The van der Waals surface area contributed by atoms with E-state index in [0.717, 1.165) is 28.2 Å². The number of aryl methyl sites for hydroxylation is 1. The van der Waals surface area contributed by atoms with Gasteiger partial charge in [-0.1, -0.05) is 48.5 Å². The average Bonchev–Trinajstić information content (AvgIpc) is 2.66. The second-order valence-electron chi connectivity index (χ2n) is 5.92. The lowest BCUT2D eigenvalue weighted by Gasteiger charge is -2.12. The Morgan fingerprint density at radius 3 is 2.36 bits per heavy atom. The minimum atomic E-state index is 0.515. The Kier molecular flexibility index (Phi) is 5.70. The van der Waals surface area contributed by atoms with Crippen LogP contribution in [-0.2, 0) is 6.61 Å². The third kappa shape index (κ3) is 4.61. The molecule has 0 unspecified atom stereocenters. The van der Waals surface area contributed by atoms with Gasteiger partial charge in [0, 0.05) is 6.54 Å². The van der Waals surface area contributed by atoms with Crippen LogP contribution in [0, 0.1) is 6.92 Å². The first-order valence-corrected chi connectivity index (χ1v) is 8.47. The van der Waals surface area contributed by atoms with Gasteiger partial charge in [0.25, 0.3) is 0 Å². The number of nitrogens with two attached hydrogens (primary N) is 1. The van der Waals surface area contributed by atoms with Gasteiger partial charge in [-0.25, -0.2) is 0 Å². The van der Waals surface area contributed by atoms with E-state index in [9.17, 15) is 0 Å². The largest absolute Gasteiger partial charge is 0.492 e. The first-order chi connectivity index (χ1) is 12.3. The minimum Gasteiger partial charge on any atom is -0.492 e. The molecule has 0 bridgehead atoms. The number of hydrogen-bond donors (Lipinski definition) is 1. The van der Waals surface area contributed by atoms with Crippen molar-refractivity contribution in [2.24, 2.45) is 5.73 Å². The Labute approximate surface area is 149 Å². The van der Waals surface area contributed by atoms with E-state index >= 15 is 0 Å². The maximum Gasteiger partial charge on any atom is 0.120 e. The van der Waals surface area contributed by atoms with Crippen LogP contribution >= 0.6 is 0 Å². The summed E-state index contributed by atoms with van der Waals surface area (Å²) in [5.41, 5.74) is 10.1. The molecule has 3 aromatic carbocycles. The van der Waals surface area contributed by atoms with Crippen molar-refractivity contribution in [3.63, 3.8) is 0 Å². The molecule has 25 heavy (non-hydrogen) atoms. The standard InChI is InChI=1S/C22H23NO2/c1-17-14-21(24-13-12-23)10-11-22(17)19-8-5-9-20(15-19)25-16-18-6-3-2-4-7-18/h2-11,14-15H,12-13,16,23H2,1H3. The van der Waals surface area contributed by atoms with E-state index in [2.05, 4.69) is 37.3 Å². The van der Waals surface area contributed by atoms with Crippen molar-refractivity contribution in [1.82, 2.24) is 0 Å². The van der Waals surface area contributed by atoms with Crippen molar-refractivity contribution in [3.05, 3.63) is 83.9 Å². The molecule has 0 fully saturated rings. The summed E-state index contributed by atoms with van der Waals surface area (Å²) in [5.74, 6) is 1.72. The van der Waals surface area contributed by atoms with Crippen molar-refractivity contribution < 1.29 is 9.47 Å². The van der Waals surface area contributed by atoms with Crippen molar-refractivity contribution in [3.8, 4) is 22.6 Å². The van der Waals surface area contributed by atoms with Gasteiger partial charge in [-0.15, -0.1) is 0 Å². The lowest BCUT2D eigenvalue weighted by Crippen LogP contribution is -2.10. The normalized spacial score (nSPS) is 10.5. The van der Waals surface area contributed by atoms with E-state index in [1.54, 1.807) is 0 Å². The van der Waals surface area contributed by atoms with Crippen molar-refractivity contribution in [2.45, 2.75) is 13.5 Å². The molecular formula is C22H23NO2. The summed E-state index contributed by atoms with van der Waals surface area (Å²) in [7, 11) is 0. The zero-order chi connectivity index (χ0) is 17.5. The fourth-order valence-corrected chi connectivity index (χ4v) is 2.72. The quantitative estimate of drug-likeness (QED) is 0.688. The molecule has 0 heterocycles. The molecule has 3 heteroatoms. The summed E-state index contributed by atoms with van der Waals surface area (Å²) in [5, 5.41) is 0. The van der Waals surface area contributed by atoms with Gasteiger partial charge in [-0.05, 0) is 53.4 Å². The molecule has 3 aromatic rings. The average molecular weight is 333 g/mol. The highest BCUT2D eigenvalue weighted by atomic mass is 16.5. The molecule has 0 amide bonds. The van der Waals surface area contributed by atoms with Gasteiger partial charge in [-0.3, -0.25) is 0 Å². The SMILES string of the molecule is Cc1cc(OCCN)ccc1-c1cccc(OCc2ccccc2)c1. The summed E-state index contributed by atoms with van der Waals surface area (Å²) >= 11 is 0. The van der Waals surface area contributed by atoms with Crippen LogP contribution in [0.5, 0.6) is 11.5 Å². The van der Waals surface area contributed by atoms with Crippen molar-refractivity contribution in [2.75, 3.05) is 13.2 Å². The summed E-state index contributed by atoms with van der Waals surface area (Å²) in [6.45, 7) is 3.69. The lowest BCUT2D eigenvalue weighted by atomic mass is 10.0. The van der Waals surface area contributed by atoms with Crippen LogP contribution in [0.4, 0.5) is 0 Å². The molecule has 0 aliphatic rings. The van der Waals surface area contributed by atoms with Gasteiger partial charge in [0.15, 0.2) is 0 Å². The maximum atomic E-state index is 5.93. The van der Waals surface area contributed by atoms with Gasteiger partial charge >= 0.3 is 0 Å². The third-order valence-electron chi connectivity index (χ3n) is 3.98. The third-order valence-corrected chi connectivity index (χ3v) is 3.98. The Balaban J connectivity index is 1.74. The molecule has 0 aliphatic carbocycles. The van der Waals surface area contributed by atoms with E-state index in [1.807, 2.05) is 42.5 Å². The molecule has 0 aliphatic heterocycles. The van der Waals surface area contributed by atoms with E-state index < -0.39 is 0 Å². The van der Waals surface area contributed by atoms with Gasteiger partial charge in [-0.2, -0.15) is 0 Å². The molecule has 0 saturated heterocycles. The molecule has 0 saturated carbocycles. The van der Waals surface area contributed by atoms with Crippen LogP contribution in [0.3, 0.4) is 0 Å². The molecule has 3 rings (SSSR count). The predicted octanol–water partition coefficient (Wildman–Crippen LogP) is 4.58. The van der Waals surface area contributed by atoms with Gasteiger partial charge in [0.2, 0.25) is 0 Å². The number of benzene rings is 3. The van der Waals surface area contributed by atoms with E-state index in [0.29, 0.717) is 19.8 Å². The van der Waals surface area contributed by atoms with Gasteiger partial charge < -0.3 is 15.2 Å². The highest BCUT2D eigenvalue weighted by Gasteiger charge is 2.05. The van der Waals surface area contributed by atoms with Crippen LogP contribution in [0.25, 0.3) is 11.1 Å². The van der Waals surface area contributed by atoms with Crippen LogP contribution in [0.15, 0.2) is 72.8 Å². The molecule has 2 N–H and O–H groups in total. The fraction of sp³-hybridized carbons (Fsp3) is 0.182. The lowest BCUT2D eigenvalue weighted by molar-refractivity contribution is 0.306. The molecular weight excluding hydrogens is 310 g/mol. The second-order valence-corrected chi connectivity index (χ2v) is 5.92. The number of rotatable bonds is 7. The molecule has 0 atom stereocenters. The second kappa shape index (κ2) is 8.36. The topological polar surface area (TPSA) is 44.5 Å². The molecule has 3 nitrogen and oxygen atoms in total. The Bertz CT molecular complexity index is 815. The zero-order valence-electron chi connectivity index (χ0n) is 14.4. The molecule has 0 spiro atoms. The maximum absolute atomic E-state index is 5.93. The van der Waals surface area contributed by atoms with Crippen molar-refractivity contribution in [1.29, 1.82) is 0 Å². The highest BCUT2D eigenvalue weighted by molar-refractivity contribution is 5.69. The first-order valence-electron chi connectivity index (χ1n) is 8.47. The summed E-state index contributed by atoms with van der Waals surface area (Å²) in [4.78, 5) is 0. The van der Waals surface area contributed by atoms with Gasteiger partial charge in [0.1, 0.15) is 24.7 Å². The molecule has 0 radical (unpaired) electrons. The highest BCUT2D eigenvalue weighted by Crippen LogP contribution is 2.29. The van der Waals surface area contributed by atoms with Crippen LogP contribution in [-0.4, -0.2) is 13.2 Å². The van der Waals surface area contributed by atoms with E-state index in [4.69, 9.17) is 15.2 Å². The predicted molar refractivity (Wildman–Crippen MR) is 102 cm³/mol. The smallest absolute Gasteiger partial charge is 0.120 e. The fourth-order valence-electron chi connectivity index (χ4n) is 2.72. The van der Waals surface area contributed by atoms with Crippen LogP contribution in [0.2, 0.25) is 0 Å². The Hall–Kier alpha value is -2.78. The Morgan fingerprint density at radius 2 is 1.60 bits per heavy atom. The first kappa shape index (κ1) is 17.1. The monoisotopic (exact) mass is 333 g/mol. The van der Waals surface area contributed by atoms with E-state index in [1.165, 1.54) is 5.56 Å². The van der Waals surface area contributed by atoms with E-state index in [-0.39, 0.29) is 0 Å². The van der Waals surface area contributed by atoms with Gasteiger partial charge in [0.05, 0.1) is 0 Å². The molecule has 0 aromatic heterocycles. The molecule has 128 valence electrons. The summed E-state index contributed by atoms with van der Waals surface area (Å²) in [6, 6.07) is 24.5. The van der Waals surface area contributed by atoms with Crippen molar-refractivity contribution >= 4 is 0 Å². The van der Waals surface area contributed by atoms with Crippen LogP contribution < -0.4 is 15.2 Å². The summed E-state index contributed by atoms with van der Waals surface area (Å²) < 4.78 is 11.5. The summed E-state index contributed by atoms with van der Waals surface area (Å²) in [6.07, 6.45) is 0. The van der Waals surface area contributed by atoms with Crippen LogP contribution in [0.1, 0.15) is 11.1 Å². The number of ether oxygens (including phenoxy) is 2. The minimum absolute atomic E-state index is 0.515. The number of hydrogen-bond acceptors (Lipinski definition) is 3. The Morgan fingerprint density at radius 1 is 0.800 bits per heavy atom.